The van der Waals surface area contributed by atoms with E-state index in [0.717, 1.165) is 38.5 Å². The number of esters is 2. The van der Waals surface area contributed by atoms with Gasteiger partial charge in [0.15, 0.2) is 5.78 Å². The molecule has 0 aromatic rings. The third-order valence-corrected chi connectivity index (χ3v) is 4.81. The molecule has 0 saturated carbocycles. The molecule has 0 spiro atoms. The summed E-state index contributed by atoms with van der Waals surface area (Å²) in [5.41, 5.74) is 0. The van der Waals surface area contributed by atoms with Crippen LogP contribution in [0.2, 0.25) is 0 Å². The van der Waals surface area contributed by atoms with E-state index in [-0.39, 0.29) is 35.7 Å². The van der Waals surface area contributed by atoms with E-state index in [4.69, 9.17) is 4.74 Å². The molecule has 0 aromatic carbocycles. The van der Waals surface area contributed by atoms with E-state index in [1.807, 2.05) is 30.4 Å². The quantitative estimate of drug-likeness (QED) is 0.259. The highest BCUT2D eigenvalue weighted by molar-refractivity contribution is 5.95. The predicted molar refractivity (Wildman–Crippen MR) is 110 cm³/mol. The Morgan fingerprint density at radius 2 is 2.00 bits per heavy atom. The summed E-state index contributed by atoms with van der Waals surface area (Å²) in [5, 5.41) is 0. The maximum absolute atomic E-state index is 12.2. The Hall–Kier alpha value is -2.17. The minimum Gasteiger partial charge on any atom is -0.469 e. The van der Waals surface area contributed by atoms with E-state index in [0.29, 0.717) is 12.8 Å². The molecule has 0 N–H and O–H groups in total. The van der Waals surface area contributed by atoms with Crippen LogP contribution >= 0.6 is 0 Å². The van der Waals surface area contributed by atoms with Gasteiger partial charge in [0.1, 0.15) is 6.10 Å². The van der Waals surface area contributed by atoms with Crippen molar-refractivity contribution in [1.82, 2.24) is 0 Å². The van der Waals surface area contributed by atoms with Crippen molar-refractivity contribution in [3.05, 3.63) is 36.5 Å². The number of allylic oxidation sites excluding steroid dienone is 5. The largest absolute Gasteiger partial charge is 0.469 e. The second-order valence-electron chi connectivity index (χ2n) is 7.15. The summed E-state index contributed by atoms with van der Waals surface area (Å²) in [6.45, 7) is 3.56. The van der Waals surface area contributed by atoms with Gasteiger partial charge in [-0.15, -0.1) is 0 Å². The van der Waals surface area contributed by atoms with Crippen LogP contribution in [0.5, 0.6) is 0 Å². The molecule has 28 heavy (non-hydrogen) atoms. The fraction of sp³-hybridized carbons (Fsp3) is 0.609. The second kappa shape index (κ2) is 13.9. The number of hydrogen-bond donors (Lipinski definition) is 0. The maximum atomic E-state index is 12.2. The topological polar surface area (TPSA) is 69.7 Å². The first-order chi connectivity index (χ1) is 13.5. The monoisotopic (exact) mass is 390 g/mol. The summed E-state index contributed by atoms with van der Waals surface area (Å²) >= 11 is 0. The first-order valence-electron chi connectivity index (χ1n) is 10.3. The van der Waals surface area contributed by atoms with Crippen LogP contribution in [0.25, 0.3) is 0 Å². The Morgan fingerprint density at radius 3 is 2.68 bits per heavy atom. The minimum absolute atomic E-state index is 0.0245. The van der Waals surface area contributed by atoms with Gasteiger partial charge < -0.3 is 9.47 Å². The van der Waals surface area contributed by atoms with Crippen LogP contribution in [0.3, 0.4) is 0 Å². The molecular formula is C23H34O5. The van der Waals surface area contributed by atoms with Gasteiger partial charge in [-0.1, -0.05) is 44.1 Å². The summed E-state index contributed by atoms with van der Waals surface area (Å²) in [6.07, 6.45) is 17.9. The van der Waals surface area contributed by atoms with Gasteiger partial charge in [0.05, 0.1) is 7.11 Å². The predicted octanol–water partition coefficient (Wildman–Crippen LogP) is 4.72. The highest BCUT2D eigenvalue weighted by atomic mass is 16.5. The molecule has 1 aliphatic rings. The molecule has 0 heterocycles. The molecule has 1 rings (SSSR count). The molecule has 5 nitrogen and oxygen atoms in total. The van der Waals surface area contributed by atoms with Gasteiger partial charge in [0, 0.05) is 25.2 Å². The van der Waals surface area contributed by atoms with E-state index in [2.05, 4.69) is 11.7 Å². The number of methoxy groups -OCH3 is 1. The number of carbonyl (C=O) groups is 3. The van der Waals surface area contributed by atoms with Crippen molar-refractivity contribution in [1.29, 1.82) is 0 Å². The zero-order valence-electron chi connectivity index (χ0n) is 17.4. The van der Waals surface area contributed by atoms with Gasteiger partial charge in [0.25, 0.3) is 0 Å². The van der Waals surface area contributed by atoms with Crippen molar-refractivity contribution in [2.45, 2.75) is 71.3 Å². The molecule has 156 valence electrons. The lowest BCUT2D eigenvalue weighted by molar-refractivity contribution is -0.144. The molecule has 5 heteroatoms. The lowest BCUT2D eigenvalue weighted by atomic mass is 9.90. The number of unbranched alkanes of at least 4 members (excludes halogenated alkanes) is 3. The molecule has 1 aliphatic carbocycles. The van der Waals surface area contributed by atoms with E-state index in [1.54, 1.807) is 6.08 Å². The average Bonchev–Trinajstić information content (AvgIpc) is 3.01. The summed E-state index contributed by atoms with van der Waals surface area (Å²) in [6, 6.07) is 0. The number of carbonyl (C=O) groups excluding carboxylic acids is 3. The molecule has 0 saturated heterocycles. The van der Waals surface area contributed by atoms with Crippen molar-refractivity contribution in [2.24, 2.45) is 11.8 Å². The number of hydrogen-bond acceptors (Lipinski definition) is 5. The average molecular weight is 391 g/mol. The van der Waals surface area contributed by atoms with Gasteiger partial charge in [-0.05, 0) is 44.3 Å². The molecular weight excluding hydrogens is 356 g/mol. The third-order valence-electron chi connectivity index (χ3n) is 4.81. The van der Waals surface area contributed by atoms with Crippen LogP contribution in [-0.4, -0.2) is 30.9 Å². The van der Waals surface area contributed by atoms with Crippen molar-refractivity contribution < 1.29 is 23.9 Å². The fourth-order valence-corrected chi connectivity index (χ4v) is 3.21. The van der Waals surface area contributed by atoms with E-state index < -0.39 is 0 Å². The number of ketones is 1. The Morgan fingerprint density at radius 1 is 1.21 bits per heavy atom. The van der Waals surface area contributed by atoms with Crippen molar-refractivity contribution in [2.75, 3.05) is 7.11 Å². The highest BCUT2D eigenvalue weighted by Crippen LogP contribution is 2.28. The van der Waals surface area contributed by atoms with E-state index in [1.165, 1.54) is 14.0 Å². The molecule has 0 aromatic heterocycles. The van der Waals surface area contributed by atoms with Gasteiger partial charge in [-0.2, -0.15) is 0 Å². The fourth-order valence-electron chi connectivity index (χ4n) is 3.21. The van der Waals surface area contributed by atoms with Crippen molar-refractivity contribution >= 4 is 17.7 Å². The smallest absolute Gasteiger partial charge is 0.305 e. The van der Waals surface area contributed by atoms with E-state index >= 15 is 0 Å². The van der Waals surface area contributed by atoms with Gasteiger partial charge in [-0.25, -0.2) is 0 Å². The molecule has 0 aliphatic heterocycles. The zero-order chi connectivity index (χ0) is 20.8. The summed E-state index contributed by atoms with van der Waals surface area (Å²) in [4.78, 5) is 34.6. The summed E-state index contributed by atoms with van der Waals surface area (Å²) in [5.74, 6) is -0.437. The molecule has 0 fully saturated rings. The lowest BCUT2D eigenvalue weighted by Gasteiger charge is -2.16. The minimum atomic E-state index is -0.282. The van der Waals surface area contributed by atoms with Crippen LogP contribution < -0.4 is 0 Å². The van der Waals surface area contributed by atoms with Crippen LogP contribution in [-0.2, 0) is 23.9 Å². The molecule has 0 bridgehead atoms. The molecule has 3 atom stereocenters. The third kappa shape index (κ3) is 9.67. The SMILES string of the molecule is CCCCCC(C=C[C@H]1C=CC(=O)[C@@H]1CC=CCCCC(=O)OC)OC(C)=O. The van der Waals surface area contributed by atoms with Crippen molar-refractivity contribution in [3.63, 3.8) is 0 Å². The Balaban J connectivity index is 2.53. The number of ether oxygens (including phenoxy) is 2. The standard InChI is InChI=1S/C23H34O5/c1-4-5-8-11-20(28-18(2)24)16-14-19-15-17-22(25)21(19)12-9-6-7-10-13-23(26)27-3/h6,9,14-17,19-21H,4-5,7-8,10-13H2,1-3H3/t19-,20?,21+/m0/s1. The number of rotatable bonds is 13. The second-order valence-corrected chi connectivity index (χ2v) is 7.15. The first-order valence-corrected chi connectivity index (χ1v) is 10.3. The van der Waals surface area contributed by atoms with Gasteiger partial charge in [-0.3, -0.25) is 14.4 Å². The Bertz CT molecular complexity index is 588. The van der Waals surface area contributed by atoms with E-state index in [9.17, 15) is 14.4 Å². The Labute approximate surface area is 168 Å². The van der Waals surface area contributed by atoms with Crippen LogP contribution in [0, 0.1) is 11.8 Å². The summed E-state index contributed by atoms with van der Waals surface area (Å²) < 4.78 is 10.00. The van der Waals surface area contributed by atoms with Crippen molar-refractivity contribution in [3.8, 4) is 0 Å². The molecule has 1 unspecified atom stereocenters. The summed E-state index contributed by atoms with van der Waals surface area (Å²) in [7, 11) is 1.39. The zero-order valence-corrected chi connectivity index (χ0v) is 17.4. The van der Waals surface area contributed by atoms with Crippen LogP contribution in [0.15, 0.2) is 36.5 Å². The van der Waals surface area contributed by atoms with Crippen LogP contribution in [0.4, 0.5) is 0 Å². The highest BCUT2D eigenvalue weighted by Gasteiger charge is 2.27. The normalized spacial score (nSPS) is 20.2. The van der Waals surface area contributed by atoms with Gasteiger partial charge in [0.2, 0.25) is 0 Å². The molecule has 0 radical (unpaired) electrons. The first kappa shape index (κ1) is 23.9. The maximum Gasteiger partial charge on any atom is 0.305 e. The van der Waals surface area contributed by atoms with Crippen LogP contribution in [0.1, 0.15) is 65.2 Å². The Kier molecular flexibility index (Phi) is 11.9. The van der Waals surface area contributed by atoms with Gasteiger partial charge >= 0.3 is 11.9 Å². The lowest BCUT2D eigenvalue weighted by Crippen LogP contribution is -2.16. The molecule has 0 amide bonds.